The molecular formula is C42H33N. The lowest BCUT2D eigenvalue weighted by molar-refractivity contribution is 0.660. The van der Waals surface area contributed by atoms with Crippen molar-refractivity contribution in [2.24, 2.45) is 0 Å². The highest BCUT2D eigenvalue weighted by atomic mass is 15.1. The molecule has 0 saturated carbocycles. The molecule has 0 unspecified atom stereocenters. The minimum absolute atomic E-state index is 0.0779. The molecule has 0 saturated heterocycles. The molecule has 0 aromatic heterocycles. The summed E-state index contributed by atoms with van der Waals surface area (Å²) in [6, 6.07) is 53.7. The third-order valence-electron chi connectivity index (χ3n) is 9.30. The van der Waals surface area contributed by atoms with Crippen molar-refractivity contribution in [1.29, 1.82) is 0 Å². The average molecular weight is 552 g/mol. The Labute approximate surface area is 253 Å². The SMILES string of the molecule is Cc1ccc(N(c2ccc3c(c2)C(C)(C)c2ccccc2-3)c2ccc3ccccc3c2-c2ccc3ccccc3c2)cc1. The van der Waals surface area contributed by atoms with Gasteiger partial charge in [-0.2, -0.15) is 0 Å². The Morgan fingerprint density at radius 2 is 1.14 bits per heavy atom. The van der Waals surface area contributed by atoms with E-state index in [0.717, 1.165) is 5.69 Å². The number of nitrogens with zero attached hydrogens (tertiary/aromatic N) is 1. The van der Waals surface area contributed by atoms with Crippen LogP contribution in [0.5, 0.6) is 0 Å². The van der Waals surface area contributed by atoms with Gasteiger partial charge >= 0.3 is 0 Å². The molecule has 206 valence electrons. The molecule has 8 rings (SSSR count). The second-order valence-corrected chi connectivity index (χ2v) is 12.3. The Morgan fingerprint density at radius 1 is 0.488 bits per heavy atom. The van der Waals surface area contributed by atoms with Gasteiger partial charge in [-0.3, -0.25) is 0 Å². The summed E-state index contributed by atoms with van der Waals surface area (Å²) in [7, 11) is 0. The van der Waals surface area contributed by atoms with Gasteiger partial charge in [0, 0.05) is 22.4 Å². The van der Waals surface area contributed by atoms with Gasteiger partial charge in [0.25, 0.3) is 0 Å². The lowest BCUT2D eigenvalue weighted by Crippen LogP contribution is -2.17. The van der Waals surface area contributed by atoms with E-state index in [1.807, 2.05) is 0 Å². The summed E-state index contributed by atoms with van der Waals surface area (Å²) >= 11 is 0. The average Bonchev–Trinajstić information content (AvgIpc) is 3.27. The maximum atomic E-state index is 2.45. The molecule has 0 fully saturated rings. The second kappa shape index (κ2) is 9.71. The Balaban J connectivity index is 1.41. The molecule has 0 N–H and O–H groups in total. The standard InChI is InChI=1S/C42H33N/c1-28-16-21-33(22-17-28)43(34-23-24-37-36-14-8-9-15-38(36)42(2,3)39(37)27-34)40-25-20-30-11-6-7-13-35(30)41(40)32-19-18-29-10-4-5-12-31(29)26-32/h4-27H,1-3H3. The van der Waals surface area contributed by atoms with Crippen LogP contribution in [0.25, 0.3) is 43.8 Å². The Hall–Kier alpha value is -5.14. The first kappa shape index (κ1) is 25.6. The predicted molar refractivity (Wildman–Crippen MR) is 184 cm³/mol. The Morgan fingerprint density at radius 3 is 1.98 bits per heavy atom. The monoisotopic (exact) mass is 551 g/mol. The second-order valence-electron chi connectivity index (χ2n) is 12.3. The molecule has 0 atom stereocenters. The first-order valence-electron chi connectivity index (χ1n) is 15.1. The van der Waals surface area contributed by atoms with Gasteiger partial charge in [0.2, 0.25) is 0 Å². The molecule has 0 spiro atoms. The van der Waals surface area contributed by atoms with Gasteiger partial charge in [0.15, 0.2) is 0 Å². The van der Waals surface area contributed by atoms with Crippen LogP contribution in [0.4, 0.5) is 17.1 Å². The number of fused-ring (bicyclic) bond motifs is 5. The van der Waals surface area contributed by atoms with E-state index in [1.165, 1.54) is 71.9 Å². The zero-order valence-corrected chi connectivity index (χ0v) is 24.8. The fraction of sp³-hybridized carbons (Fsp3) is 0.0952. The molecule has 0 bridgehead atoms. The van der Waals surface area contributed by atoms with E-state index in [2.05, 4.69) is 171 Å². The smallest absolute Gasteiger partial charge is 0.0546 e. The van der Waals surface area contributed by atoms with E-state index in [-0.39, 0.29) is 5.41 Å². The minimum atomic E-state index is -0.0779. The molecule has 0 amide bonds. The topological polar surface area (TPSA) is 3.24 Å². The summed E-state index contributed by atoms with van der Waals surface area (Å²) in [5.74, 6) is 0. The summed E-state index contributed by atoms with van der Waals surface area (Å²) in [5.41, 5.74) is 12.6. The van der Waals surface area contributed by atoms with E-state index in [1.54, 1.807) is 0 Å². The number of benzene rings is 7. The van der Waals surface area contributed by atoms with E-state index in [9.17, 15) is 0 Å². The van der Waals surface area contributed by atoms with Crippen LogP contribution in [0.2, 0.25) is 0 Å². The lowest BCUT2D eigenvalue weighted by Gasteiger charge is -2.30. The molecule has 0 heterocycles. The third kappa shape index (κ3) is 4.07. The predicted octanol–water partition coefficient (Wildman–Crippen LogP) is 11.7. The maximum Gasteiger partial charge on any atom is 0.0546 e. The van der Waals surface area contributed by atoms with Crippen LogP contribution in [-0.2, 0) is 5.41 Å². The first-order chi connectivity index (χ1) is 21.0. The Kier molecular flexibility index (Phi) is 5.77. The van der Waals surface area contributed by atoms with Crippen molar-refractivity contribution in [3.05, 3.63) is 162 Å². The highest BCUT2D eigenvalue weighted by molar-refractivity contribution is 6.06. The van der Waals surface area contributed by atoms with Crippen LogP contribution in [0.3, 0.4) is 0 Å². The molecule has 7 aromatic rings. The molecule has 1 aliphatic rings. The molecule has 0 aliphatic heterocycles. The Bertz CT molecular complexity index is 2170. The van der Waals surface area contributed by atoms with Gasteiger partial charge < -0.3 is 4.90 Å². The zero-order chi connectivity index (χ0) is 29.1. The van der Waals surface area contributed by atoms with Gasteiger partial charge in [0.1, 0.15) is 0 Å². The quantitative estimate of drug-likeness (QED) is 0.210. The van der Waals surface area contributed by atoms with E-state index < -0.39 is 0 Å². The fourth-order valence-corrected chi connectivity index (χ4v) is 7.05. The van der Waals surface area contributed by atoms with Gasteiger partial charge in [-0.05, 0) is 92.7 Å². The molecule has 1 nitrogen and oxygen atoms in total. The molecule has 7 aromatic carbocycles. The largest absolute Gasteiger partial charge is 0.310 e. The number of hydrogen-bond donors (Lipinski definition) is 0. The van der Waals surface area contributed by atoms with Crippen molar-refractivity contribution in [1.82, 2.24) is 0 Å². The van der Waals surface area contributed by atoms with Crippen LogP contribution < -0.4 is 4.90 Å². The van der Waals surface area contributed by atoms with E-state index in [4.69, 9.17) is 0 Å². The van der Waals surface area contributed by atoms with Crippen molar-refractivity contribution in [2.45, 2.75) is 26.2 Å². The lowest BCUT2D eigenvalue weighted by atomic mass is 9.82. The summed E-state index contributed by atoms with van der Waals surface area (Å²) < 4.78 is 0. The normalized spacial score (nSPS) is 13.2. The minimum Gasteiger partial charge on any atom is -0.310 e. The van der Waals surface area contributed by atoms with E-state index in [0.29, 0.717) is 0 Å². The zero-order valence-electron chi connectivity index (χ0n) is 24.8. The van der Waals surface area contributed by atoms with Crippen LogP contribution in [0, 0.1) is 6.92 Å². The van der Waals surface area contributed by atoms with Crippen LogP contribution in [0.1, 0.15) is 30.5 Å². The van der Waals surface area contributed by atoms with Crippen molar-refractivity contribution >= 4 is 38.6 Å². The van der Waals surface area contributed by atoms with E-state index >= 15 is 0 Å². The number of aryl methyl sites for hydroxylation is 1. The van der Waals surface area contributed by atoms with Crippen molar-refractivity contribution in [3.63, 3.8) is 0 Å². The van der Waals surface area contributed by atoms with Crippen molar-refractivity contribution < 1.29 is 0 Å². The first-order valence-corrected chi connectivity index (χ1v) is 15.1. The molecule has 1 aliphatic carbocycles. The van der Waals surface area contributed by atoms with Crippen molar-refractivity contribution in [3.8, 4) is 22.3 Å². The highest BCUT2D eigenvalue weighted by Gasteiger charge is 2.35. The number of hydrogen-bond acceptors (Lipinski definition) is 1. The number of rotatable bonds is 4. The third-order valence-corrected chi connectivity index (χ3v) is 9.30. The van der Waals surface area contributed by atoms with Crippen molar-refractivity contribution in [2.75, 3.05) is 4.90 Å². The van der Waals surface area contributed by atoms with Gasteiger partial charge in [-0.15, -0.1) is 0 Å². The molecule has 43 heavy (non-hydrogen) atoms. The van der Waals surface area contributed by atoms with Crippen LogP contribution in [-0.4, -0.2) is 0 Å². The summed E-state index contributed by atoms with van der Waals surface area (Å²) in [6.45, 7) is 6.86. The molecular weight excluding hydrogens is 518 g/mol. The van der Waals surface area contributed by atoms with Gasteiger partial charge in [-0.25, -0.2) is 0 Å². The summed E-state index contributed by atoms with van der Waals surface area (Å²) in [5, 5.41) is 4.99. The van der Waals surface area contributed by atoms with Crippen LogP contribution >= 0.6 is 0 Å². The molecule has 1 heteroatoms. The number of anilines is 3. The fourth-order valence-electron chi connectivity index (χ4n) is 7.05. The van der Waals surface area contributed by atoms with Crippen LogP contribution in [0.15, 0.2) is 146 Å². The summed E-state index contributed by atoms with van der Waals surface area (Å²) in [6.07, 6.45) is 0. The molecule has 0 radical (unpaired) electrons. The maximum absolute atomic E-state index is 2.45. The highest BCUT2D eigenvalue weighted by Crippen LogP contribution is 2.51. The van der Waals surface area contributed by atoms with Gasteiger partial charge in [-0.1, -0.05) is 129 Å². The summed E-state index contributed by atoms with van der Waals surface area (Å²) in [4.78, 5) is 2.45. The van der Waals surface area contributed by atoms with Gasteiger partial charge in [0.05, 0.1) is 5.69 Å².